The highest BCUT2D eigenvalue weighted by Crippen LogP contribution is 2.29. The van der Waals surface area contributed by atoms with E-state index in [4.69, 9.17) is 4.74 Å². The van der Waals surface area contributed by atoms with Crippen molar-refractivity contribution in [2.24, 2.45) is 0 Å². The predicted molar refractivity (Wildman–Crippen MR) is 66.0 cm³/mol. The van der Waals surface area contributed by atoms with E-state index in [1.807, 2.05) is 24.3 Å². The summed E-state index contributed by atoms with van der Waals surface area (Å²) in [6, 6.07) is 15.0. The van der Waals surface area contributed by atoms with Crippen LogP contribution in [0.5, 0.6) is 11.5 Å². The second-order valence-electron chi connectivity index (χ2n) is 4.06. The first-order chi connectivity index (χ1) is 7.66. The molecule has 1 nitrogen and oxygen atoms in total. The van der Waals surface area contributed by atoms with Gasteiger partial charge in [0.25, 0.3) is 0 Å². The zero-order valence-electron chi connectivity index (χ0n) is 9.87. The van der Waals surface area contributed by atoms with E-state index in [2.05, 4.69) is 39.0 Å². The molecule has 0 saturated carbocycles. The van der Waals surface area contributed by atoms with Gasteiger partial charge in [0.15, 0.2) is 0 Å². The largest absolute Gasteiger partial charge is 0.456 e. The molecular formula is C15H15O. The molecular weight excluding hydrogens is 196 g/mol. The maximum atomic E-state index is 5.84. The van der Waals surface area contributed by atoms with Crippen molar-refractivity contribution in [2.45, 2.75) is 20.8 Å². The van der Waals surface area contributed by atoms with Gasteiger partial charge in [-0.3, -0.25) is 0 Å². The Hall–Kier alpha value is -1.76. The third kappa shape index (κ3) is 2.25. The van der Waals surface area contributed by atoms with Crippen LogP contribution in [0, 0.1) is 26.8 Å². The summed E-state index contributed by atoms with van der Waals surface area (Å²) in [5.74, 6) is 1.70. The number of benzene rings is 2. The first kappa shape index (κ1) is 10.7. The molecule has 0 saturated heterocycles. The lowest BCUT2D eigenvalue weighted by atomic mass is 10.1. The van der Waals surface area contributed by atoms with E-state index in [1.165, 1.54) is 5.56 Å². The molecule has 0 spiro atoms. The molecule has 0 N–H and O–H groups in total. The second kappa shape index (κ2) is 4.40. The van der Waals surface area contributed by atoms with Crippen LogP contribution >= 0.6 is 0 Å². The number of rotatable bonds is 2. The van der Waals surface area contributed by atoms with Gasteiger partial charge in [0.05, 0.1) is 0 Å². The van der Waals surface area contributed by atoms with Crippen LogP contribution < -0.4 is 4.74 Å². The molecule has 0 amide bonds. The minimum absolute atomic E-state index is 0.762. The Bertz CT molecular complexity index is 463. The van der Waals surface area contributed by atoms with E-state index in [-0.39, 0.29) is 0 Å². The van der Waals surface area contributed by atoms with Gasteiger partial charge in [0, 0.05) is 6.07 Å². The Morgan fingerprint density at radius 1 is 1.00 bits per heavy atom. The van der Waals surface area contributed by atoms with Gasteiger partial charge in [-0.1, -0.05) is 35.9 Å². The standard InChI is InChI=1S/C15H15O/c1-11-9-12(2)15(13(3)10-11)16-14-7-5-4-6-8-14/h4-7,9-10H,1-3H3. The van der Waals surface area contributed by atoms with Crippen molar-refractivity contribution in [3.05, 3.63) is 59.2 Å². The fourth-order valence-corrected chi connectivity index (χ4v) is 1.88. The average Bonchev–Trinajstić information content (AvgIpc) is 2.25. The predicted octanol–water partition coefficient (Wildman–Crippen LogP) is 4.20. The summed E-state index contributed by atoms with van der Waals surface area (Å²) in [5.41, 5.74) is 3.59. The van der Waals surface area contributed by atoms with Crippen molar-refractivity contribution in [3.63, 3.8) is 0 Å². The molecule has 0 fully saturated rings. The molecule has 0 aliphatic heterocycles. The van der Waals surface area contributed by atoms with Crippen molar-refractivity contribution in [2.75, 3.05) is 0 Å². The first-order valence-electron chi connectivity index (χ1n) is 5.39. The average molecular weight is 211 g/mol. The van der Waals surface area contributed by atoms with E-state index in [9.17, 15) is 0 Å². The Morgan fingerprint density at radius 3 is 2.25 bits per heavy atom. The SMILES string of the molecule is Cc1cc(C)c(Oc2[c]cccc2)c(C)c1. The van der Waals surface area contributed by atoms with Gasteiger partial charge in [-0.2, -0.15) is 0 Å². The molecule has 0 aliphatic rings. The van der Waals surface area contributed by atoms with Crippen molar-refractivity contribution in [1.29, 1.82) is 0 Å². The maximum absolute atomic E-state index is 5.84. The van der Waals surface area contributed by atoms with Crippen molar-refractivity contribution in [3.8, 4) is 11.5 Å². The zero-order chi connectivity index (χ0) is 11.5. The van der Waals surface area contributed by atoms with Crippen LogP contribution in [-0.4, -0.2) is 0 Å². The number of aryl methyl sites for hydroxylation is 3. The second-order valence-corrected chi connectivity index (χ2v) is 4.06. The smallest absolute Gasteiger partial charge is 0.135 e. The molecule has 2 aromatic carbocycles. The van der Waals surface area contributed by atoms with Crippen LogP contribution in [0.25, 0.3) is 0 Å². The zero-order valence-corrected chi connectivity index (χ0v) is 9.87. The highest BCUT2D eigenvalue weighted by Gasteiger charge is 2.05. The van der Waals surface area contributed by atoms with Crippen molar-refractivity contribution < 1.29 is 4.74 Å². The maximum Gasteiger partial charge on any atom is 0.135 e. The molecule has 0 aromatic heterocycles. The molecule has 1 radical (unpaired) electrons. The van der Waals surface area contributed by atoms with E-state index < -0.39 is 0 Å². The summed E-state index contributed by atoms with van der Waals surface area (Å²) in [7, 11) is 0. The van der Waals surface area contributed by atoms with Gasteiger partial charge in [0.1, 0.15) is 11.5 Å². The molecule has 0 unspecified atom stereocenters. The molecule has 16 heavy (non-hydrogen) atoms. The van der Waals surface area contributed by atoms with Crippen molar-refractivity contribution in [1.82, 2.24) is 0 Å². The topological polar surface area (TPSA) is 9.23 Å². The van der Waals surface area contributed by atoms with Gasteiger partial charge in [-0.15, -0.1) is 0 Å². The Kier molecular flexibility index (Phi) is 2.95. The molecule has 0 atom stereocenters. The Balaban J connectivity index is 2.35. The number of para-hydroxylation sites is 1. The van der Waals surface area contributed by atoms with Crippen LogP contribution in [0.2, 0.25) is 0 Å². The van der Waals surface area contributed by atoms with Gasteiger partial charge >= 0.3 is 0 Å². The van der Waals surface area contributed by atoms with Crippen LogP contribution in [0.15, 0.2) is 36.4 Å². The van der Waals surface area contributed by atoms with Gasteiger partial charge < -0.3 is 4.74 Å². The lowest BCUT2D eigenvalue weighted by Crippen LogP contribution is -1.92. The lowest BCUT2D eigenvalue weighted by Gasteiger charge is -2.12. The van der Waals surface area contributed by atoms with Gasteiger partial charge in [-0.25, -0.2) is 0 Å². The molecule has 0 bridgehead atoms. The van der Waals surface area contributed by atoms with Crippen LogP contribution in [-0.2, 0) is 0 Å². The Labute approximate surface area is 96.7 Å². The Morgan fingerprint density at radius 2 is 1.69 bits per heavy atom. The summed E-state index contributed by atoms with van der Waals surface area (Å²) in [6.45, 7) is 6.23. The summed E-state index contributed by atoms with van der Waals surface area (Å²) in [5, 5.41) is 0. The third-order valence-electron chi connectivity index (χ3n) is 2.50. The van der Waals surface area contributed by atoms with Crippen LogP contribution in [0.4, 0.5) is 0 Å². The summed E-state index contributed by atoms with van der Waals surface area (Å²) in [4.78, 5) is 0. The fraction of sp³-hybridized carbons (Fsp3) is 0.200. The highest BCUT2D eigenvalue weighted by atomic mass is 16.5. The third-order valence-corrected chi connectivity index (χ3v) is 2.50. The molecule has 2 aromatic rings. The van der Waals surface area contributed by atoms with E-state index in [0.717, 1.165) is 22.6 Å². The molecule has 0 heterocycles. The minimum atomic E-state index is 0.762. The molecule has 81 valence electrons. The van der Waals surface area contributed by atoms with E-state index in [0.29, 0.717) is 0 Å². The lowest BCUT2D eigenvalue weighted by molar-refractivity contribution is 0.474. The molecule has 1 heteroatoms. The summed E-state index contributed by atoms with van der Waals surface area (Å²) >= 11 is 0. The van der Waals surface area contributed by atoms with Crippen LogP contribution in [0.3, 0.4) is 0 Å². The van der Waals surface area contributed by atoms with Gasteiger partial charge in [-0.05, 0) is 38.0 Å². The number of hydrogen-bond donors (Lipinski definition) is 0. The number of ether oxygens (including phenoxy) is 1. The molecule has 0 aliphatic carbocycles. The summed E-state index contributed by atoms with van der Waals surface area (Å²) in [6.07, 6.45) is 0. The number of hydrogen-bond acceptors (Lipinski definition) is 1. The van der Waals surface area contributed by atoms with E-state index in [1.54, 1.807) is 0 Å². The fourth-order valence-electron chi connectivity index (χ4n) is 1.88. The van der Waals surface area contributed by atoms with Crippen LogP contribution in [0.1, 0.15) is 16.7 Å². The van der Waals surface area contributed by atoms with Gasteiger partial charge in [0.2, 0.25) is 0 Å². The first-order valence-corrected chi connectivity index (χ1v) is 5.39. The molecule has 2 rings (SSSR count). The highest BCUT2D eigenvalue weighted by molar-refractivity contribution is 5.45. The monoisotopic (exact) mass is 211 g/mol. The minimum Gasteiger partial charge on any atom is -0.456 e. The van der Waals surface area contributed by atoms with E-state index >= 15 is 0 Å². The van der Waals surface area contributed by atoms with Crippen molar-refractivity contribution >= 4 is 0 Å². The normalized spacial score (nSPS) is 10.2. The quantitative estimate of drug-likeness (QED) is 0.723. The summed E-state index contributed by atoms with van der Waals surface area (Å²) < 4.78 is 5.84.